The van der Waals surface area contributed by atoms with E-state index in [9.17, 15) is 14.4 Å². The van der Waals surface area contributed by atoms with Gasteiger partial charge >= 0.3 is 6.09 Å². The predicted octanol–water partition coefficient (Wildman–Crippen LogP) is 3.80. The summed E-state index contributed by atoms with van der Waals surface area (Å²) in [6.07, 6.45) is 0.813. The quantitative estimate of drug-likeness (QED) is 0.437. The van der Waals surface area contributed by atoms with Gasteiger partial charge < -0.3 is 30.2 Å². The molecule has 39 heavy (non-hydrogen) atoms. The zero-order valence-corrected chi connectivity index (χ0v) is 24.0. The second-order valence-electron chi connectivity index (χ2n) is 11.2. The molecule has 208 valence electrons. The largest absolute Gasteiger partial charge is 0.444 e. The van der Waals surface area contributed by atoms with Crippen molar-refractivity contribution in [3.63, 3.8) is 0 Å². The van der Waals surface area contributed by atoms with Crippen molar-refractivity contribution in [1.82, 2.24) is 30.4 Å². The van der Waals surface area contributed by atoms with Gasteiger partial charge in [-0.05, 0) is 58.5 Å². The summed E-state index contributed by atoms with van der Waals surface area (Å²) in [4.78, 5) is 52.0. The lowest BCUT2D eigenvalue weighted by molar-refractivity contribution is 0.0161. The molecule has 2 aliphatic heterocycles. The molecule has 1 fully saturated rings. The average molecular weight is 573 g/mol. The third kappa shape index (κ3) is 6.37. The molecule has 0 saturated carbocycles. The molecule has 4 heterocycles. The molecule has 2 aromatic heterocycles. The number of carbonyl (C=O) groups is 3. The first-order chi connectivity index (χ1) is 18.4. The van der Waals surface area contributed by atoms with Crippen LogP contribution in [0.5, 0.6) is 0 Å². The van der Waals surface area contributed by atoms with Crippen LogP contribution in [0.1, 0.15) is 58.1 Å². The van der Waals surface area contributed by atoms with Crippen molar-refractivity contribution >= 4 is 51.7 Å². The highest BCUT2D eigenvalue weighted by molar-refractivity contribution is 7.13. The van der Waals surface area contributed by atoms with Crippen LogP contribution in [0.25, 0.3) is 10.9 Å². The summed E-state index contributed by atoms with van der Waals surface area (Å²) in [7, 11) is 2.05. The number of H-pyrrole nitrogens is 1. The van der Waals surface area contributed by atoms with Gasteiger partial charge in [0.25, 0.3) is 11.8 Å². The standard InChI is InChI=1S/C27H33ClN6O4S/c1-27(2,3)38-26(37)34-10-8-18(30-24(36)25-32-19-7-9-33(4)14-22(19)39-25)21(13-34)31-23(35)20-12-15-11-16(28)5-6-17(15)29-20/h5-6,11-12,18,21,29H,7-10,13-14H2,1-4H3,(H,30,36)(H,31,35)/t18-,21+/m1/s1. The first-order valence-electron chi connectivity index (χ1n) is 13.0. The van der Waals surface area contributed by atoms with Crippen LogP contribution < -0.4 is 10.6 Å². The molecular formula is C27H33ClN6O4S. The summed E-state index contributed by atoms with van der Waals surface area (Å²) in [5.74, 6) is -0.613. The van der Waals surface area contributed by atoms with Gasteiger partial charge in [0.15, 0.2) is 5.01 Å². The van der Waals surface area contributed by atoms with Crippen LogP contribution in [0.2, 0.25) is 5.02 Å². The van der Waals surface area contributed by atoms with E-state index in [4.69, 9.17) is 16.3 Å². The molecule has 0 aliphatic carbocycles. The van der Waals surface area contributed by atoms with Gasteiger partial charge in [-0.2, -0.15) is 0 Å². The van der Waals surface area contributed by atoms with Gasteiger partial charge in [-0.3, -0.25) is 9.59 Å². The maximum atomic E-state index is 13.3. The van der Waals surface area contributed by atoms with Gasteiger partial charge in [-0.1, -0.05) is 11.6 Å². The summed E-state index contributed by atoms with van der Waals surface area (Å²) in [5, 5.41) is 7.92. The third-order valence-corrected chi connectivity index (χ3v) is 8.16. The van der Waals surface area contributed by atoms with E-state index in [1.165, 1.54) is 11.3 Å². The Morgan fingerprint density at radius 2 is 1.90 bits per heavy atom. The lowest BCUT2D eigenvalue weighted by Crippen LogP contribution is -2.61. The second kappa shape index (κ2) is 10.8. The molecular weight excluding hydrogens is 540 g/mol. The molecule has 0 unspecified atom stereocenters. The average Bonchev–Trinajstić information content (AvgIpc) is 3.47. The molecule has 3 amide bonds. The first-order valence-corrected chi connectivity index (χ1v) is 14.2. The molecule has 0 bridgehead atoms. The molecule has 3 N–H and O–H groups in total. The van der Waals surface area contributed by atoms with Gasteiger partial charge in [0.1, 0.15) is 11.3 Å². The van der Waals surface area contributed by atoms with Gasteiger partial charge in [-0.15, -0.1) is 11.3 Å². The highest BCUT2D eigenvalue weighted by atomic mass is 35.5. The number of halogens is 1. The number of likely N-dealkylation sites (N-methyl/N-ethyl adjacent to an activating group) is 1. The molecule has 5 rings (SSSR count). The van der Waals surface area contributed by atoms with Crippen molar-refractivity contribution in [1.29, 1.82) is 0 Å². The van der Waals surface area contributed by atoms with Crippen LogP contribution in [0.15, 0.2) is 24.3 Å². The van der Waals surface area contributed by atoms with Crippen molar-refractivity contribution < 1.29 is 19.1 Å². The normalized spacial score (nSPS) is 20.0. The molecule has 0 radical (unpaired) electrons. The van der Waals surface area contributed by atoms with E-state index < -0.39 is 23.8 Å². The van der Waals surface area contributed by atoms with Crippen LogP contribution in [-0.4, -0.2) is 82.0 Å². The van der Waals surface area contributed by atoms with Crippen LogP contribution in [0, 0.1) is 0 Å². The van der Waals surface area contributed by atoms with Crippen molar-refractivity contribution in [2.75, 3.05) is 26.7 Å². The van der Waals surface area contributed by atoms with E-state index in [2.05, 4.69) is 32.5 Å². The minimum Gasteiger partial charge on any atom is -0.444 e. The molecule has 3 aromatic rings. The first kappa shape index (κ1) is 27.4. The number of amides is 3. The molecule has 0 spiro atoms. The number of hydrogen-bond acceptors (Lipinski definition) is 7. The number of piperidine rings is 1. The lowest BCUT2D eigenvalue weighted by atomic mass is 9.99. The number of benzene rings is 1. The fourth-order valence-corrected chi connectivity index (χ4v) is 6.16. The summed E-state index contributed by atoms with van der Waals surface area (Å²) < 4.78 is 5.56. The summed E-state index contributed by atoms with van der Waals surface area (Å²) in [6, 6.07) is 6.13. The minimum atomic E-state index is -0.648. The van der Waals surface area contributed by atoms with Crippen molar-refractivity contribution in [2.24, 2.45) is 0 Å². The highest BCUT2D eigenvalue weighted by Crippen LogP contribution is 2.25. The Morgan fingerprint density at radius 3 is 2.67 bits per heavy atom. The zero-order valence-electron chi connectivity index (χ0n) is 22.5. The Kier molecular flexibility index (Phi) is 7.58. The van der Waals surface area contributed by atoms with Crippen LogP contribution in [-0.2, 0) is 17.7 Å². The maximum absolute atomic E-state index is 13.3. The van der Waals surface area contributed by atoms with Crippen LogP contribution >= 0.6 is 22.9 Å². The smallest absolute Gasteiger partial charge is 0.410 e. The number of aromatic nitrogens is 2. The summed E-state index contributed by atoms with van der Waals surface area (Å²) in [5.41, 5.74) is 1.48. The topological polar surface area (TPSA) is 120 Å². The van der Waals surface area contributed by atoms with Gasteiger partial charge in [-0.25, -0.2) is 9.78 Å². The Labute approximate surface area is 236 Å². The molecule has 1 aromatic carbocycles. The van der Waals surface area contributed by atoms with E-state index in [0.29, 0.717) is 28.7 Å². The Morgan fingerprint density at radius 1 is 1.13 bits per heavy atom. The fourth-order valence-electron chi connectivity index (χ4n) is 4.89. The Bertz CT molecular complexity index is 1410. The number of fused-ring (bicyclic) bond motifs is 2. The van der Waals surface area contributed by atoms with E-state index in [1.807, 2.05) is 26.8 Å². The van der Waals surface area contributed by atoms with Crippen molar-refractivity contribution in [3.05, 3.63) is 50.6 Å². The third-order valence-electron chi connectivity index (χ3n) is 6.84. The number of carbonyl (C=O) groups excluding carboxylic acids is 3. The molecule has 1 saturated heterocycles. The summed E-state index contributed by atoms with van der Waals surface area (Å²) in [6.45, 7) is 7.70. The number of hydrogen-bond donors (Lipinski definition) is 3. The monoisotopic (exact) mass is 572 g/mol. The number of nitrogens with one attached hydrogen (secondary N) is 3. The Hall–Kier alpha value is -3.15. The molecule has 10 nitrogen and oxygen atoms in total. The number of nitrogens with zero attached hydrogens (tertiary/aromatic N) is 3. The van der Waals surface area contributed by atoms with E-state index in [-0.39, 0.29) is 18.4 Å². The van der Waals surface area contributed by atoms with Crippen LogP contribution in [0.3, 0.4) is 0 Å². The van der Waals surface area contributed by atoms with Gasteiger partial charge in [0, 0.05) is 53.4 Å². The van der Waals surface area contributed by atoms with Crippen molar-refractivity contribution in [3.8, 4) is 0 Å². The second-order valence-corrected chi connectivity index (χ2v) is 12.7. The van der Waals surface area contributed by atoms with E-state index >= 15 is 0 Å². The number of aromatic amines is 1. The Balaban J connectivity index is 1.34. The van der Waals surface area contributed by atoms with Crippen molar-refractivity contribution in [2.45, 2.75) is 57.8 Å². The molecule has 2 atom stereocenters. The lowest BCUT2D eigenvalue weighted by Gasteiger charge is -2.39. The molecule has 12 heteroatoms. The molecule has 2 aliphatic rings. The number of likely N-dealkylation sites (tertiary alicyclic amines) is 1. The number of ether oxygens (including phenoxy) is 1. The summed E-state index contributed by atoms with van der Waals surface area (Å²) >= 11 is 7.51. The maximum Gasteiger partial charge on any atom is 0.410 e. The number of rotatable bonds is 4. The van der Waals surface area contributed by atoms with Gasteiger partial charge in [0.2, 0.25) is 0 Å². The highest BCUT2D eigenvalue weighted by Gasteiger charge is 2.36. The van der Waals surface area contributed by atoms with E-state index in [1.54, 1.807) is 23.1 Å². The minimum absolute atomic E-state index is 0.191. The fraction of sp³-hybridized carbons (Fsp3) is 0.481. The van der Waals surface area contributed by atoms with Crippen LogP contribution in [0.4, 0.5) is 4.79 Å². The zero-order chi connectivity index (χ0) is 27.9. The van der Waals surface area contributed by atoms with E-state index in [0.717, 1.165) is 41.0 Å². The SMILES string of the molecule is CN1CCc2nc(C(=O)N[C@@H]3CCN(C(=O)OC(C)(C)C)C[C@@H]3NC(=O)c3cc4cc(Cl)ccc4[nH]3)sc2C1. The predicted molar refractivity (Wildman–Crippen MR) is 150 cm³/mol. The number of thiazole rings is 1. The van der Waals surface area contributed by atoms with Gasteiger partial charge in [0.05, 0.1) is 17.8 Å².